The lowest BCUT2D eigenvalue weighted by Gasteiger charge is -2.22. The Hall–Kier alpha value is -0.710. The molecular weight excluding hydrogens is 226 g/mol. The number of nitrogens with one attached hydrogen (secondary N) is 1. The first-order valence-corrected chi connectivity index (χ1v) is 6.40. The van der Waals surface area contributed by atoms with Gasteiger partial charge < -0.3 is 10.1 Å². The van der Waals surface area contributed by atoms with Crippen molar-refractivity contribution in [3.8, 4) is 0 Å². The highest BCUT2D eigenvalue weighted by Gasteiger charge is 2.20. The summed E-state index contributed by atoms with van der Waals surface area (Å²) in [5, 5.41) is 2.62. The van der Waals surface area contributed by atoms with Crippen LogP contribution in [0, 0.1) is 0 Å². The van der Waals surface area contributed by atoms with Crippen LogP contribution in [0.4, 0.5) is 0 Å². The molecule has 0 aromatic heterocycles. The molecule has 0 bridgehead atoms. The summed E-state index contributed by atoms with van der Waals surface area (Å²) in [6.07, 6.45) is 0. The zero-order valence-electron chi connectivity index (χ0n) is 10.6. The summed E-state index contributed by atoms with van der Waals surface area (Å²) in [5.74, 6) is -0.114. The van der Waals surface area contributed by atoms with Gasteiger partial charge in [-0.05, 0) is 34.6 Å². The maximum atomic E-state index is 11.6. The molecule has 0 rings (SSSR count). The van der Waals surface area contributed by atoms with Crippen molar-refractivity contribution in [2.75, 3.05) is 12.4 Å². The first kappa shape index (κ1) is 15.3. The number of esters is 1. The van der Waals surface area contributed by atoms with Gasteiger partial charge in [0.2, 0.25) is 5.91 Å². The Balaban J connectivity index is 3.93. The summed E-state index contributed by atoms with van der Waals surface area (Å²) in [7, 11) is 0. The zero-order chi connectivity index (χ0) is 12.8. The van der Waals surface area contributed by atoms with Gasteiger partial charge in [0, 0.05) is 5.54 Å². The van der Waals surface area contributed by atoms with E-state index in [-0.39, 0.29) is 28.4 Å². The van der Waals surface area contributed by atoms with E-state index in [9.17, 15) is 9.59 Å². The van der Waals surface area contributed by atoms with E-state index in [1.54, 1.807) is 13.8 Å². The van der Waals surface area contributed by atoms with Crippen molar-refractivity contribution in [1.29, 1.82) is 0 Å². The number of hydrogen-bond acceptors (Lipinski definition) is 4. The van der Waals surface area contributed by atoms with Crippen LogP contribution in [0.1, 0.15) is 34.6 Å². The number of hydrogen-bond donors (Lipinski definition) is 1. The van der Waals surface area contributed by atoms with Crippen LogP contribution in [0.3, 0.4) is 0 Å². The standard InChI is InChI=1S/C11H21NO3S/c1-6-15-9(13)7-16-8(2)10(14)12-11(3,4)5/h8H,6-7H2,1-5H3,(H,12,14). The zero-order valence-corrected chi connectivity index (χ0v) is 11.4. The highest BCUT2D eigenvalue weighted by atomic mass is 32.2. The van der Waals surface area contributed by atoms with E-state index in [2.05, 4.69) is 5.32 Å². The summed E-state index contributed by atoms with van der Waals surface area (Å²) < 4.78 is 4.78. The predicted octanol–water partition coefficient (Wildman–Crippen LogP) is 1.59. The fourth-order valence-corrected chi connectivity index (χ4v) is 1.62. The molecule has 0 aliphatic carbocycles. The number of thioether (sulfide) groups is 1. The lowest BCUT2D eigenvalue weighted by molar-refractivity contribution is -0.139. The average Bonchev–Trinajstić information content (AvgIpc) is 2.11. The summed E-state index contributed by atoms with van der Waals surface area (Å²) in [6.45, 7) is 9.69. The van der Waals surface area contributed by atoms with Gasteiger partial charge in [-0.25, -0.2) is 0 Å². The van der Waals surface area contributed by atoms with E-state index < -0.39 is 0 Å². The molecule has 0 fully saturated rings. The smallest absolute Gasteiger partial charge is 0.315 e. The van der Waals surface area contributed by atoms with Crippen LogP contribution in [-0.2, 0) is 14.3 Å². The molecule has 0 saturated heterocycles. The van der Waals surface area contributed by atoms with E-state index in [1.165, 1.54) is 11.8 Å². The van der Waals surface area contributed by atoms with Crippen molar-refractivity contribution in [3.63, 3.8) is 0 Å². The molecule has 0 saturated carbocycles. The van der Waals surface area contributed by atoms with Crippen molar-refractivity contribution in [1.82, 2.24) is 5.32 Å². The molecule has 4 nitrogen and oxygen atoms in total. The van der Waals surface area contributed by atoms with Gasteiger partial charge in [0.1, 0.15) is 0 Å². The quantitative estimate of drug-likeness (QED) is 0.750. The normalized spacial score (nSPS) is 13.1. The second-order valence-electron chi connectivity index (χ2n) is 4.50. The van der Waals surface area contributed by atoms with Gasteiger partial charge in [0.15, 0.2) is 0 Å². The summed E-state index contributed by atoms with van der Waals surface area (Å²) in [5.41, 5.74) is -0.240. The van der Waals surface area contributed by atoms with Crippen molar-refractivity contribution >= 4 is 23.6 Å². The van der Waals surface area contributed by atoms with Crippen LogP contribution in [0.25, 0.3) is 0 Å². The highest BCUT2D eigenvalue weighted by Crippen LogP contribution is 2.12. The van der Waals surface area contributed by atoms with E-state index in [1.807, 2.05) is 20.8 Å². The van der Waals surface area contributed by atoms with Gasteiger partial charge in [0.25, 0.3) is 0 Å². The molecule has 94 valence electrons. The topological polar surface area (TPSA) is 55.4 Å². The van der Waals surface area contributed by atoms with E-state index >= 15 is 0 Å². The molecule has 1 atom stereocenters. The van der Waals surface area contributed by atoms with Crippen LogP contribution < -0.4 is 5.32 Å². The number of carbonyl (C=O) groups excluding carboxylic acids is 2. The van der Waals surface area contributed by atoms with Crippen molar-refractivity contribution in [2.24, 2.45) is 0 Å². The second kappa shape index (κ2) is 6.78. The highest BCUT2D eigenvalue weighted by molar-refractivity contribution is 8.01. The molecule has 0 aliphatic heterocycles. The minimum absolute atomic E-state index is 0.0539. The van der Waals surface area contributed by atoms with Crippen LogP contribution in [0.5, 0.6) is 0 Å². The van der Waals surface area contributed by atoms with Crippen molar-refractivity contribution < 1.29 is 14.3 Å². The van der Waals surface area contributed by atoms with Gasteiger partial charge in [-0.1, -0.05) is 0 Å². The lowest BCUT2D eigenvalue weighted by atomic mass is 10.1. The molecule has 0 spiro atoms. The monoisotopic (exact) mass is 247 g/mol. The minimum Gasteiger partial charge on any atom is -0.465 e. The Labute approximate surface area is 101 Å². The number of amides is 1. The van der Waals surface area contributed by atoms with Crippen LogP contribution >= 0.6 is 11.8 Å². The van der Waals surface area contributed by atoms with Gasteiger partial charge in [-0.2, -0.15) is 0 Å². The molecule has 16 heavy (non-hydrogen) atoms. The van der Waals surface area contributed by atoms with E-state index in [4.69, 9.17) is 4.74 Å². The average molecular weight is 247 g/mol. The maximum Gasteiger partial charge on any atom is 0.315 e. The van der Waals surface area contributed by atoms with Crippen molar-refractivity contribution in [3.05, 3.63) is 0 Å². The fourth-order valence-electron chi connectivity index (χ4n) is 0.943. The summed E-state index contributed by atoms with van der Waals surface area (Å²) >= 11 is 1.29. The SMILES string of the molecule is CCOC(=O)CSC(C)C(=O)NC(C)(C)C. The van der Waals surface area contributed by atoms with Gasteiger partial charge in [-0.3, -0.25) is 9.59 Å². The third kappa shape index (κ3) is 7.56. The molecule has 1 N–H and O–H groups in total. The van der Waals surface area contributed by atoms with Gasteiger partial charge in [0.05, 0.1) is 17.6 Å². The summed E-state index contributed by atoms with van der Waals surface area (Å²) in [6, 6.07) is 0. The Kier molecular flexibility index (Phi) is 6.48. The lowest BCUT2D eigenvalue weighted by Crippen LogP contribution is -2.44. The van der Waals surface area contributed by atoms with Gasteiger partial charge in [-0.15, -0.1) is 11.8 Å². The number of ether oxygens (including phenoxy) is 1. The minimum atomic E-state index is -0.275. The molecule has 0 heterocycles. The molecule has 5 heteroatoms. The Morgan fingerprint density at radius 2 is 1.94 bits per heavy atom. The van der Waals surface area contributed by atoms with Crippen LogP contribution in [-0.4, -0.2) is 35.0 Å². The van der Waals surface area contributed by atoms with Crippen LogP contribution in [0.15, 0.2) is 0 Å². The largest absolute Gasteiger partial charge is 0.465 e. The number of carbonyl (C=O) groups is 2. The van der Waals surface area contributed by atoms with Crippen molar-refractivity contribution in [2.45, 2.75) is 45.4 Å². The fraction of sp³-hybridized carbons (Fsp3) is 0.818. The Bertz CT molecular complexity index is 248. The van der Waals surface area contributed by atoms with E-state index in [0.717, 1.165) is 0 Å². The first-order valence-electron chi connectivity index (χ1n) is 5.35. The number of rotatable bonds is 5. The molecule has 1 amide bonds. The Morgan fingerprint density at radius 1 is 1.38 bits per heavy atom. The molecular formula is C11H21NO3S. The molecule has 1 unspecified atom stereocenters. The predicted molar refractivity (Wildman–Crippen MR) is 66.4 cm³/mol. The molecule has 0 aromatic carbocycles. The summed E-state index contributed by atoms with van der Waals surface area (Å²) in [4.78, 5) is 22.7. The van der Waals surface area contributed by atoms with Crippen LogP contribution in [0.2, 0.25) is 0 Å². The molecule has 0 aliphatic rings. The third-order valence-electron chi connectivity index (χ3n) is 1.62. The first-order chi connectivity index (χ1) is 7.26. The maximum absolute atomic E-state index is 11.6. The molecule has 0 aromatic rings. The third-order valence-corrected chi connectivity index (χ3v) is 2.74. The van der Waals surface area contributed by atoms with Gasteiger partial charge >= 0.3 is 5.97 Å². The molecule has 0 radical (unpaired) electrons. The Morgan fingerprint density at radius 3 is 2.38 bits per heavy atom. The van der Waals surface area contributed by atoms with E-state index in [0.29, 0.717) is 6.61 Å². The second-order valence-corrected chi connectivity index (χ2v) is 5.83.